The van der Waals surface area contributed by atoms with Gasteiger partial charge in [0.25, 0.3) is 0 Å². The Morgan fingerprint density at radius 3 is 1.59 bits per heavy atom. The number of nitrogens with one attached hydrogen (secondary N) is 2. The van der Waals surface area contributed by atoms with Crippen molar-refractivity contribution in [1.82, 2.24) is 10.9 Å². The Bertz CT molecular complexity index is 941. The molecule has 0 heterocycles. The summed E-state index contributed by atoms with van der Waals surface area (Å²) in [6.07, 6.45) is 4.39. The minimum atomic E-state index is -0.268. The number of carbonyl (C=O) groups excluding carboxylic acids is 2. The number of aromatic hydroxyl groups is 2. The Morgan fingerprint density at radius 2 is 1.21 bits per heavy atom. The van der Waals surface area contributed by atoms with E-state index < -0.39 is 0 Å². The van der Waals surface area contributed by atoms with E-state index in [0.717, 1.165) is 0 Å². The third-order valence-corrected chi connectivity index (χ3v) is 4.43. The van der Waals surface area contributed by atoms with Crippen LogP contribution in [0.4, 0.5) is 0 Å². The van der Waals surface area contributed by atoms with Crippen LogP contribution in [-0.2, 0) is 9.59 Å². The molecule has 0 spiro atoms. The number of hydrogen-bond donors (Lipinski definition) is 4. The highest BCUT2D eigenvalue weighted by atomic mass is 16.5. The van der Waals surface area contributed by atoms with Crippen LogP contribution >= 0.6 is 0 Å². The van der Waals surface area contributed by atoms with Crippen molar-refractivity contribution in [2.75, 3.05) is 13.2 Å². The molecule has 0 aliphatic heterocycles. The van der Waals surface area contributed by atoms with Crippen molar-refractivity contribution in [2.24, 2.45) is 10.2 Å². The zero-order chi connectivity index (χ0) is 24.8. The number of ether oxygens (including phenoxy) is 2. The summed E-state index contributed by atoms with van der Waals surface area (Å²) in [5, 5.41) is 27.2. The molecule has 0 saturated heterocycles. The molecule has 0 unspecified atom stereocenters. The lowest BCUT2D eigenvalue weighted by molar-refractivity contribution is -0.123. The van der Waals surface area contributed by atoms with Crippen LogP contribution in [0.3, 0.4) is 0 Å². The van der Waals surface area contributed by atoms with Crippen molar-refractivity contribution in [2.45, 2.75) is 39.5 Å². The molecule has 2 aromatic carbocycles. The predicted molar refractivity (Wildman–Crippen MR) is 128 cm³/mol. The molecule has 0 radical (unpaired) electrons. The maximum absolute atomic E-state index is 11.9. The number of phenols is 2. The molecule has 10 nitrogen and oxygen atoms in total. The summed E-state index contributed by atoms with van der Waals surface area (Å²) in [6.45, 7) is 4.47. The molecule has 0 bridgehead atoms. The van der Waals surface area contributed by atoms with Crippen LogP contribution in [0.15, 0.2) is 46.6 Å². The van der Waals surface area contributed by atoms with Crippen molar-refractivity contribution < 1.29 is 29.3 Å². The third kappa shape index (κ3) is 9.19. The van der Waals surface area contributed by atoms with Gasteiger partial charge in [0.2, 0.25) is 11.8 Å². The zero-order valence-electron chi connectivity index (χ0n) is 19.3. The van der Waals surface area contributed by atoms with Gasteiger partial charge in [-0.3, -0.25) is 9.59 Å². The van der Waals surface area contributed by atoms with Crippen LogP contribution in [0, 0.1) is 0 Å². The first-order valence-corrected chi connectivity index (χ1v) is 11.0. The minimum Gasteiger partial charge on any atom is -0.504 e. The lowest BCUT2D eigenvalue weighted by Crippen LogP contribution is -2.19. The fraction of sp³-hybridized carbons (Fsp3) is 0.333. The summed E-state index contributed by atoms with van der Waals surface area (Å²) < 4.78 is 10.6. The summed E-state index contributed by atoms with van der Waals surface area (Å²) in [6, 6.07) is 9.52. The molecule has 0 aromatic heterocycles. The molecule has 0 aliphatic rings. The number of phenolic OH excluding ortho intramolecular Hbond substituents is 2. The molecule has 182 valence electrons. The molecular weight excluding hydrogens is 440 g/mol. The first-order valence-electron chi connectivity index (χ1n) is 11.0. The highest BCUT2D eigenvalue weighted by molar-refractivity contribution is 5.84. The van der Waals surface area contributed by atoms with E-state index in [-0.39, 0.29) is 36.2 Å². The van der Waals surface area contributed by atoms with Crippen LogP contribution in [0.5, 0.6) is 23.0 Å². The van der Waals surface area contributed by atoms with Crippen molar-refractivity contribution in [3.63, 3.8) is 0 Å². The van der Waals surface area contributed by atoms with E-state index in [4.69, 9.17) is 9.47 Å². The lowest BCUT2D eigenvalue weighted by Gasteiger charge is -2.06. The summed E-state index contributed by atoms with van der Waals surface area (Å²) in [4.78, 5) is 23.8. The number of unbranched alkanes of at least 4 members (excludes halogenated alkanes) is 1. The summed E-state index contributed by atoms with van der Waals surface area (Å²) in [5.74, 6) is 0.229. The van der Waals surface area contributed by atoms with Gasteiger partial charge in [-0.05, 0) is 74.2 Å². The highest BCUT2D eigenvalue weighted by Gasteiger charge is 2.05. The lowest BCUT2D eigenvalue weighted by atomic mass is 10.2. The van der Waals surface area contributed by atoms with E-state index in [1.165, 1.54) is 24.6 Å². The van der Waals surface area contributed by atoms with Crippen molar-refractivity contribution in [3.8, 4) is 23.0 Å². The Balaban J connectivity index is 1.65. The van der Waals surface area contributed by atoms with Crippen LogP contribution in [0.1, 0.15) is 50.7 Å². The second-order valence-corrected chi connectivity index (χ2v) is 7.11. The topological polar surface area (TPSA) is 142 Å². The summed E-state index contributed by atoms with van der Waals surface area (Å²) >= 11 is 0. The molecule has 10 heteroatoms. The minimum absolute atomic E-state index is 0.0360. The van der Waals surface area contributed by atoms with Gasteiger partial charge >= 0.3 is 0 Å². The molecule has 0 atom stereocenters. The average Bonchev–Trinajstić information content (AvgIpc) is 2.81. The smallest absolute Gasteiger partial charge is 0.240 e. The standard InChI is InChI=1S/C24H30N4O6/c1-3-33-21-13-17(9-11-19(21)29)15-25-27-23(31)7-5-6-8-24(32)28-26-16-18-10-12-20(30)22(14-18)34-4-2/h9-16,29-30H,3-8H2,1-2H3,(H,27,31)(H,28,32)/b25-15+,26-16+. The zero-order valence-corrected chi connectivity index (χ0v) is 19.3. The van der Waals surface area contributed by atoms with Gasteiger partial charge in [0, 0.05) is 12.8 Å². The highest BCUT2D eigenvalue weighted by Crippen LogP contribution is 2.26. The van der Waals surface area contributed by atoms with Gasteiger partial charge in [-0.25, -0.2) is 10.9 Å². The molecule has 4 N–H and O–H groups in total. The number of rotatable bonds is 13. The second kappa shape index (κ2) is 14.1. The number of hydrogen-bond acceptors (Lipinski definition) is 8. The van der Waals surface area contributed by atoms with E-state index in [1.54, 1.807) is 24.3 Å². The largest absolute Gasteiger partial charge is 0.504 e. The van der Waals surface area contributed by atoms with E-state index in [9.17, 15) is 19.8 Å². The number of amides is 2. The average molecular weight is 471 g/mol. The van der Waals surface area contributed by atoms with Crippen molar-refractivity contribution in [1.29, 1.82) is 0 Å². The first-order chi connectivity index (χ1) is 16.4. The van der Waals surface area contributed by atoms with Gasteiger partial charge in [0.1, 0.15) is 0 Å². The monoisotopic (exact) mass is 470 g/mol. The molecule has 2 amide bonds. The SMILES string of the molecule is CCOc1cc(/C=N/NC(=O)CCCCC(=O)N/N=C/c2ccc(O)c(OCC)c2)ccc1O. The summed E-state index contributed by atoms with van der Waals surface area (Å²) in [7, 11) is 0. The van der Waals surface area contributed by atoms with E-state index >= 15 is 0 Å². The molecular formula is C24H30N4O6. The molecule has 34 heavy (non-hydrogen) atoms. The Labute approximate surface area is 198 Å². The van der Waals surface area contributed by atoms with Gasteiger partial charge in [0.15, 0.2) is 23.0 Å². The van der Waals surface area contributed by atoms with Gasteiger partial charge in [-0.15, -0.1) is 0 Å². The number of nitrogens with zero attached hydrogens (tertiary/aromatic N) is 2. The van der Waals surface area contributed by atoms with Crippen LogP contribution in [-0.4, -0.2) is 47.7 Å². The number of hydrazone groups is 2. The van der Waals surface area contributed by atoms with Gasteiger partial charge < -0.3 is 19.7 Å². The summed E-state index contributed by atoms with van der Waals surface area (Å²) in [5.41, 5.74) is 6.19. The number of benzene rings is 2. The van der Waals surface area contributed by atoms with Crippen LogP contribution in [0.25, 0.3) is 0 Å². The Morgan fingerprint density at radius 1 is 0.794 bits per heavy atom. The first kappa shape index (κ1) is 26.2. The van der Waals surface area contributed by atoms with E-state index in [1.807, 2.05) is 13.8 Å². The van der Waals surface area contributed by atoms with Crippen LogP contribution < -0.4 is 20.3 Å². The molecule has 2 aromatic rings. The molecule has 0 aliphatic carbocycles. The fourth-order valence-electron chi connectivity index (χ4n) is 2.80. The Hall–Kier alpha value is -4.08. The predicted octanol–water partition coefficient (Wildman–Crippen LogP) is 3.06. The molecule has 0 fully saturated rings. The van der Waals surface area contributed by atoms with Crippen molar-refractivity contribution in [3.05, 3.63) is 47.5 Å². The fourth-order valence-corrected chi connectivity index (χ4v) is 2.80. The van der Waals surface area contributed by atoms with Gasteiger partial charge in [-0.2, -0.15) is 10.2 Å². The third-order valence-electron chi connectivity index (χ3n) is 4.43. The normalized spacial score (nSPS) is 11.0. The van der Waals surface area contributed by atoms with Gasteiger partial charge in [0.05, 0.1) is 25.6 Å². The van der Waals surface area contributed by atoms with E-state index in [2.05, 4.69) is 21.1 Å². The number of carbonyl (C=O) groups is 2. The maximum atomic E-state index is 11.9. The van der Waals surface area contributed by atoms with Crippen LogP contribution in [0.2, 0.25) is 0 Å². The molecule has 0 saturated carbocycles. The van der Waals surface area contributed by atoms with E-state index in [0.29, 0.717) is 48.7 Å². The molecule has 2 rings (SSSR count). The Kier molecular flexibility index (Phi) is 10.9. The maximum Gasteiger partial charge on any atom is 0.240 e. The van der Waals surface area contributed by atoms with Gasteiger partial charge in [-0.1, -0.05) is 0 Å². The quantitative estimate of drug-likeness (QED) is 0.201. The second-order valence-electron chi connectivity index (χ2n) is 7.11. The van der Waals surface area contributed by atoms with Crippen molar-refractivity contribution >= 4 is 24.2 Å².